The summed E-state index contributed by atoms with van der Waals surface area (Å²) in [5, 5.41) is 0. The Morgan fingerprint density at radius 2 is 1.86 bits per heavy atom. The summed E-state index contributed by atoms with van der Waals surface area (Å²) >= 11 is 3.43. The van der Waals surface area contributed by atoms with E-state index in [4.69, 9.17) is 0 Å². The molecule has 0 aliphatic rings. The number of Topliss-reactive ketones (excluding diaryl/α,β-unsaturated/α-hetero) is 1. The highest BCUT2D eigenvalue weighted by Gasteiger charge is 2.17. The number of alkyl halides is 1. The molecule has 0 N–H and O–H groups in total. The predicted octanol–water partition coefficient (Wildman–Crippen LogP) is 3.22. The summed E-state index contributed by atoms with van der Waals surface area (Å²) in [6.45, 7) is 3.86. The van der Waals surface area contributed by atoms with Crippen molar-refractivity contribution in [3.8, 4) is 0 Å². The first-order valence-electron chi connectivity index (χ1n) is 4.83. The molecule has 0 aliphatic carbocycles. The zero-order valence-electron chi connectivity index (χ0n) is 8.53. The van der Waals surface area contributed by atoms with Crippen LogP contribution in [0.15, 0.2) is 30.3 Å². The molecule has 0 saturated carbocycles. The van der Waals surface area contributed by atoms with Crippen molar-refractivity contribution in [1.29, 1.82) is 0 Å². The average Bonchev–Trinajstić information content (AvgIpc) is 2.18. The van der Waals surface area contributed by atoms with Gasteiger partial charge in [0.15, 0.2) is 0 Å². The standard InChI is InChI=1S/C12H15BrO/c1-9(2)12(14)11(13)8-10-6-4-3-5-7-10/h3-7,9,11H,8H2,1-2H3. The Hall–Kier alpha value is -0.630. The summed E-state index contributed by atoms with van der Waals surface area (Å²) in [4.78, 5) is 11.5. The van der Waals surface area contributed by atoms with Gasteiger partial charge >= 0.3 is 0 Å². The second-order valence-electron chi connectivity index (χ2n) is 3.71. The first kappa shape index (κ1) is 11.4. The van der Waals surface area contributed by atoms with Crippen molar-refractivity contribution in [3.05, 3.63) is 35.9 Å². The van der Waals surface area contributed by atoms with Gasteiger partial charge in [-0.3, -0.25) is 4.79 Å². The molecule has 0 heterocycles. The van der Waals surface area contributed by atoms with E-state index >= 15 is 0 Å². The van der Waals surface area contributed by atoms with Gasteiger partial charge in [0.2, 0.25) is 0 Å². The number of carbonyl (C=O) groups excluding carboxylic acids is 1. The van der Waals surface area contributed by atoms with Crippen molar-refractivity contribution in [3.63, 3.8) is 0 Å². The Bertz CT molecular complexity index is 292. The van der Waals surface area contributed by atoms with Crippen LogP contribution >= 0.6 is 15.9 Å². The Kier molecular flexibility index (Phi) is 4.33. The maximum atomic E-state index is 11.6. The fraction of sp³-hybridized carbons (Fsp3) is 0.417. The molecule has 1 aromatic rings. The Morgan fingerprint density at radius 3 is 2.36 bits per heavy atom. The largest absolute Gasteiger partial charge is 0.298 e. The van der Waals surface area contributed by atoms with Gasteiger partial charge in [-0.25, -0.2) is 0 Å². The monoisotopic (exact) mass is 254 g/mol. The van der Waals surface area contributed by atoms with Crippen molar-refractivity contribution in [2.24, 2.45) is 5.92 Å². The highest BCUT2D eigenvalue weighted by atomic mass is 79.9. The minimum Gasteiger partial charge on any atom is -0.298 e. The van der Waals surface area contributed by atoms with E-state index < -0.39 is 0 Å². The number of benzene rings is 1. The zero-order chi connectivity index (χ0) is 10.6. The van der Waals surface area contributed by atoms with Crippen LogP contribution in [-0.2, 0) is 11.2 Å². The number of carbonyl (C=O) groups is 1. The molecule has 1 unspecified atom stereocenters. The molecule has 0 aliphatic heterocycles. The predicted molar refractivity (Wildman–Crippen MR) is 62.7 cm³/mol. The molecule has 0 aromatic heterocycles. The van der Waals surface area contributed by atoms with E-state index in [0.717, 1.165) is 6.42 Å². The molecule has 0 fully saturated rings. The van der Waals surface area contributed by atoms with Gasteiger partial charge in [-0.15, -0.1) is 0 Å². The second kappa shape index (κ2) is 5.30. The van der Waals surface area contributed by atoms with E-state index in [-0.39, 0.29) is 16.5 Å². The maximum absolute atomic E-state index is 11.6. The number of ketones is 1. The van der Waals surface area contributed by atoms with Crippen LogP contribution in [0.3, 0.4) is 0 Å². The molecular formula is C12H15BrO. The van der Waals surface area contributed by atoms with E-state index in [1.807, 2.05) is 44.2 Å². The molecule has 1 atom stereocenters. The fourth-order valence-corrected chi connectivity index (χ4v) is 2.19. The molecule has 0 saturated heterocycles. The van der Waals surface area contributed by atoms with E-state index in [0.29, 0.717) is 0 Å². The van der Waals surface area contributed by atoms with Gasteiger partial charge in [0, 0.05) is 5.92 Å². The SMILES string of the molecule is CC(C)C(=O)C(Br)Cc1ccccc1. The van der Waals surface area contributed by atoms with Crippen molar-refractivity contribution >= 4 is 21.7 Å². The zero-order valence-corrected chi connectivity index (χ0v) is 10.1. The third-order valence-electron chi connectivity index (χ3n) is 2.14. The molecule has 1 aromatic carbocycles. The number of rotatable bonds is 4. The molecule has 14 heavy (non-hydrogen) atoms. The molecule has 1 nitrogen and oxygen atoms in total. The summed E-state index contributed by atoms with van der Waals surface area (Å²) in [6, 6.07) is 10.1. The van der Waals surface area contributed by atoms with E-state index in [9.17, 15) is 4.79 Å². The summed E-state index contributed by atoms with van der Waals surface area (Å²) in [6.07, 6.45) is 0.776. The summed E-state index contributed by atoms with van der Waals surface area (Å²) in [7, 11) is 0. The van der Waals surface area contributed by atoms with E-state index in [1.54, 1.807) is 0 Å². The van der Waals surface area contributed by atoms with Gasteiger partial charge in [0.05, 0.1) is 4.83 Å². The lowest BCUT2D eigenvalue weighted by atomic mass is 10.0. The van der Waals surface area contributed by atoms with Gasteiger partial charge in [-0.2, -0.15) is 0 Å². The van der Waals surface area contributed by atoms with Crippen LogP contribution in [0.25, 0.3) is 0 Å². The number of halogens is 1. The summed E-state index contributed by atoms with van der Waals surface area (Å²) in [5.74, 6) is 0.372. The van der Waals surface area contributed by atoms with Gasteiger partial charge in [-0.1, -0.05) is 60.1 Å². The Balaban J connectivity index is 2.57. The van der Waals surface area contributed by atoms with Crippen LogP contribution in [0, 0.1) is 5.92 Å². The highest BCUT2D eigenvalue weighted by molar-refractivity contribution is 9.10. The third-order valence-corrected chi connectivity index (χ3v) is 2.91. The van der Waals surface area contributed by atoms with Gasteiger partial charge in [0.1, 0.15) is 5.78 Å². The van der Waals surface area contributed by atoms with Crippen LogP contribution in [0.4, 0.5) is 0 Å². The molecule has 0 amide bonds. The maximum Gasteiger partial charge on any atom is 0.149 e. The van der Waals surface area contributed by atoms with Crippen molar-refractivity contribution in [1.82, 2.24) is 0 Å². The Labute approximate surface area is 93.7 Å². The lowest BCUT2D eigenvalue weighted by Crippen LogP contribution is -2.21. The molecule has 0 bridgehead atoms. The van der Waals surface area contributed by atoms with Crippen molar-refractivity contribution < 1.29 is 4.79 Å². The smallest absolute Gasteiger partial charge is 0.149 e. The van der Waals surface area contributed by atoms with Crippen LogP contribution in [0.2, 0.25) is 0 Å². The Morgan fingerprint density at radius 1 is 1.29 bits per heavy atom. The first-order valence-corrected chi connectivity index (χ1v) is 5.74. The number of hydrogen-bond donors (Lipinski definition) is 0. The molecule has 76 valence electrons. The highest BCUT2D eigenvalue weighted by Crippen LogP contribution is 2.14. The quantitative estimate of drug-likeness (QED) is 0.755. The minimum atomic E-state index is -0.0510. The lowest BCUT2D eigenvalue weighted by Gasteiger charge is -2.11. The van der Waals surface area contributed by atoms with Crippen LogP contribution in [-0.4, -0.2) is 10.6 Å². The molecule has 1 rings (SSSR count). The molecular weight excluding hydrogens is 240 g/mol. The molecule has 0 spiro atoms. The van der Waals surface area contributed by atoms with Crippen molar-refractivity contribution in [2.75, 3.05) is 0 Å². The normalized spacial score (nSPS) is 12.9. The van der Waals surface area contributed by atoms with Gasteiger partial charge in [-0.05, 0) is 12.0 Å². The molecule has 2 heteroatoms. The third kappa shape index (κ3) is 3.26. The van der Waals surface area contributed by atoms with Crippen molar-refractivity contribution in [2.45, 2.75) is 25.1 Å². The van der Waals surface area contributed by atoms with Gasteiger partial charge in [0.25, 0.3) is 0 Å². The first-order chi connectivity index (χ1) is 6.61. The second-order valence-corrected chi connectivity index (χ2v) is 4.82. The van der Waals surface area contributed by atoms with E-state index in [1.165, 1.54) is 5.56 Å². The lowest BCUT2D eigenvalue weighted by molar-refractivity contribution is -0.121. The van der Waals surface area contributed by atoms with Gasteiger partial charge < -0.3 is 0 Å². The van der Waals surface area contributed by atoms with Crippen LogP contribution < -0.4 is 0 Å². The number of hydrogen-bond acceptors (Lipinski definition) is 1. The fourth-order valence-electron chi connectivity index (χ4n) is 1.28. The topological polar surface area (TPSA) is 17.1 Å². The van der Waals surface area contributed by atoms with E-state index in [2.05, 4.69) is 15.9 Å². The average molecular weight is 255 g/mol. The minimum absolute atomic E-state index is 0.0510. The summed E-state index contributed by atoms with van der Waals surface area (Å²) in [5.41, 5.74) is 1.20. The van der Waals surface area contributed by atoms with Crippen LogP contribution in [0.5, 0.6) is 0 Å². The molecule has 0 radical (unpaired) electrons. The van der Waals surface area contributed by atoms with Crippen LogP contribution in [0.1, 0.15) is 19.4 Å². The summed E-state index contributed by atoms with van der Waals surface area (Å²) < 4.78 is 0.